The fourth-order valence-electron chi connectivity index (χ4n) is 4.89. The Bertz CT molecular complexity index is 1670. The zero-order valence-electron chi connectivity index (χ0n) is 20.3. The number of pyridine rings is 1. The Morgan fingerprint density at radius 2 is 1.84 bits per heavy atom. The van der Waals surface area contributed by atoms with Crippen molar-refractivity contribution in [1.29, 1.82) is 0 Å². The number of anilines is 4. The Balaban J connectivity index is 1.52. The number of nitrogen functional groups attached to an aromatic ring is 2. The molecule has 6 rings (SSSR count). The largest absolute Gasteiger partial charge is 0.492 e. The van der Waals surface area contributed by atoms with Crippen LogP contribution < -0.4 is 25.8 Å². The van der Waals surface area contributed by atoms with Gasteiger partial charge in [0.25, 0.3) is 0 Å². The first-order chi connectivity index (χ1) is 18.0. The molecule has 0 unspecified atom stereocenters. The lowest BCUT2D eigenvalue weighted by molar-refractivity contribution is 0.417. The Kier molecular flexibility index (Phi) is 5.29. The molecule has 0 saturated carbocycles. The average molecular weight is 498 g/mol. The Hall–Kier alpha value is -4.86. The molecule has 0 amide bonds. The summed E-state index contributed by atoms with van der Waals surface area (Å²) in [5.74, 6) is 1.54. The van der Waals surface area contributed by atoms with Gasteiger partial charge in [-0.1, -0.05) is 18.2 Å². The second-order valence-corrected chi connectivity index (χ2v) is 8.72. The van der Waals surface area contributed by atoms with E-state index in [0.29, 0.717) is 58.4 Å². The summed E-state index contributed by atoms with van der Waals surface area (Å²) in [6.07, 6.45) is 1.44. The third kappa shape index (κ3) is 3.65. The molecule has 0 aliphatic carbocycles. The molecule has 9 nitrogen and oxygen atoms in total. The number of benzene rings is 2. The van der Waals surface area contributed by atoms with Crippen molar-refractivity contribution in [2.24, 2.45) is 0 Å². The highest BCUT2D eigenvalue weighted by molar-refractivity contribution is 6.08. The van der Waals surface area contributed by atoms with Crippen molar-refractivity contribution < 1.29 is 13.9 Å². The normalized spacial score (nSPS) is 12.7. The predicted octanol–water partition coefficient (Wildman–Crippen LogP) is 5.06. The van der Waals surface area contributed by atoms with Gasteiger partial charge in [0.15, 0.2) is 17.3 Å². The number of fused-ring (bicyclic) bond motifs is 3. The number of aromatic nitrogens is 4. The van der Waals surface area contributed by atoms with Crippen LogP contribution in [0.1, 0.15) is 5.69 Å². The predicted molar refractivity (Wildman–Crippen MR) is 141 cm³/mol. The van der Waals surface area contributed by atoms with Crippen LogP contribution in [0.25, 0.3) is 22.2 Å². The van der Waals surface area contributed by atoms with Crippen LogP contribution in [0.3, 0.4) is 0 Å². The number of para-hydroxylation sites is 1. The molecule has 0 atom stereocenters. The van der Waals surface area contributed by atoms with Crippen LogP contribution >= 0.6 is 0 Å². The molecular weight excluding hydrogens is 473 g/mol. The minimum Gasteiger partial charge on any atom is -0.492 e. The fraction of sp³-hybridized carbons (Fsp3) is 0.148. The maximum Gasteiger partial charge on any atom is 0.219 e. The third-order valence-electron chi connectivity index (χ3n) is 6.46. The van der Waals surface area contributed by atoms with Gasteiger partial charge in [0, 0.05) is 30.4 Å². The van der Waals surface area contributed by atoms with E-state index in [2.05, 4.69) is 24.4 Å². The van der Waals surface area contributed by atoms with Crippen LogP contribution in [0.4, 0.5) is 27.4 Å². The smallest absolute Gasteiger partial charge is 0.219 e. The molecule has 0 spiro atoms. The molecule has 4 N–H and O–H groups in total. The van der Waals surface area contributed by atoms with Crippen LogP contribution in [0.15, 0.2) is 60.9 Å². The minimum atomic E-state index is -0.532. The lowest BCUT2D eigenvalue weighted by atomic mass is 10.0. The van der Waals surface area contributed by atoms with Crippen LogP contribution in [0, 0.1) is 12.7 Å². The van der Waals surface area contributed by atoms with Gasteiger partial charge in [-0.2, -0.15) is 0 Å². The van der Waals surface area contributed by atoms with Crippen molar-refractivity contribution in [2.75, 3.05) is 30.0 Å². The van der Waals surface area contributed by atoms with Gasteiger partial charge in [-0.15, -0.1) is 0 Å². The van der Waals surface area contributed by atoms with Gasteiger partial charge in [0.05, 0.1) is 23.9 Å². The Morgan fingerprint density at radius 3 is 2.62 bits per heavy atom. The molecule has 0 bridgehead atoms. The van der Waals surface area contributed by atoms with E-state index in [-0.39, 0.29) is 5.75 Å². The number of rotatable bonds is 5. The zero-order chi connectivity index (χ0) is 25.7. The van der Waals surface area contributed by atoms with Crippen molar-refractivity contribution in [3.05, 3.63) is 72.4 Å². The number of aryl methyl sites for hydroxylation is 1. The summed E-state index contributed by atoms with van der Waals surface area (Å²) in [7, 11) is 1.59. The molecule has 4 heterocycles. The third-order valence-corrected chi connectivity index (χ3v) is 6.46. The van der Waals surface area contributed by atoms with E-state index < -0.39 is 5.82 Å². The van der Waals surface area contributed by atoms with Crippen LogP contribution in [-0.4, -0.2) is 33.2 Å². The molecule has 0 fully saturated rings. The SMILES string of the molecule is COc1c(N)cccc1N1CCn2c1c(-c1ccc(Oc3cccc(C)n3)c(F)c1)c1c(N)ncnc12. The van der Waals surface area contributed by atoms with E-state index in [0.717, 1.165) is 17.2 Å². The molecule has 10 heteroatoms. The molecule has 3 aromatic heterocycles. The van der Waals surface area contributed by atoms with E-state index >= 15 is 4.39 Å². The summed E-state index contributed by atoms with van der Waals surface area (Å²) in [5, 5.41) is 0.651. The summed E-state index contributed by atoms with van der Waals surface area (Å²) in [6, 6.07) is 15.7. The van der Waals surface area contributed by atoms with Crippen LogP contribution in [-0.2, 0) is 6.54 Å². The first-order valence-corrected chi connectivity index (χ1v) is 11.7. The number of nitrogens with zero attached hydrogens (tertiary/aromatic N) is 5. The van der Waals surface area contributed by atoms with Gasteiger partial charge in [-0.25, -0.2) is 19.3 Å². The fourth-order valence-corrected chi connectivity index (χ4v) is 4.89. The first kappa shape index (κ1) is 22.6. The van der Waals surface area contributed by atoms with Crippen molar-refractivity contribution in [3.8, 4) is 28.5 Å². The number of methoxy groups -OCH3 is 1. The molecule has 0 radical (unpaired) electrons. The quantitative estimate of drug-likeness (QED) is 0.324. The second kappa shape index (κ2) is 8.66. The van der Waals surface area contributed by atoms with Gasteiger partial charge >= 0.3 is 0 Å². The van der Waals surface area contributed by atoms with E-state index in [1.54, 1.807) is 31.4 Å². The zero-order valence-corrected chi connectivity index (χ0v) is 20.3. The number of halogens is 1. The highest BCUT2D eigenvalue weighted by Gasteiger charge is 2.33. The van der Waals surface area contributed by atoms with E-state index in [4.69, 9.17) is 20.9 Å². The summed E-state index contributed by atoms with van der Waals surface area (Å²) >= 11 is 0. The summed E-state index contributed by atoms with van der Waals surface area (Å²) < 4.78 is 28.8. The Morgan fingerprint density at radius 1 is 1.00 bits per heavy atom. The van der Waals surface area contributed by atoms with Crippen LogP contribution in [0.5, 0.6) is 17.4 Å². The molecule has 2 aromatic carbocycles. The van der Waals surface area contributed by atoms with Gasteiger partial charge < -0.3 is 30.4 Å². The molecule has 186 valence electrons. The maximum atomic E-state index is 15.4. The van der Waals surface area contributed by atoms with Crippen molar-refractivity contribution in [2.45, 2.75) is 13.5 Å². The molecule has 0 saturated heterocycles. The minimum absolute atomic E-state index is 0.0700. The van der Waals surface area contributed by atoms with Crippen molar-refractivity contribution in [3.63, 3.8) is 0 Å². The van der Waals surface area contributed by atoms with E-state index in [1.165, 1.54) is 12.4 Å². The van der Waals surface area contributed by atoms with Crippen molar-refractivity contribution in [1.82, 2.24) is 19.5 Å². The summed E-state index contributed by atoms with van der Waals surface area (Å²) in [4.78, 5) is 15.1. The maximum absolute atomic E-state index is 15.4. The Labute approximate surface area is 212 Å². The standard InChI is InChI=1S/C27H24FN7O2/c1-15-5-3-8-21(33-15)37-20-10-9-16(13-17(20)28)22-23-25(30)31-14-32-26(23)35-12-11-34(27(22)35)19-7-4-6-18(29)24(19)36-2/h3-10,13-14H,11-12,29H2,1-2H3,(H2,30,31,32). The molecule has 1 aliphatic rings. The highest BCUT2D eigenvalue weighted by atomic mass is 19.1. The van der Waals surface area contributed by atoms with Crippen molar-refractivity contribution >= 4 is 34.0 Å². The first-order valence-electron chi connectivity index (χ1n) is 11.7. The van der Waals surface area contributed by atoms with Gasteiger partial charge in [-0.3, -0.25) is 0 Å². The highest BCUT2D eigenvalue weighted by Crippen LogP contribution is 2.49. The monoisotopic (exact) mass is 497 g/mol. The summed E-state index contributed by atoms with van der Waals surface area (Å²) in [5.41, 5.74) is 16.6. The summed E-state index contributed by atoms with van der Waals surface area (Å²) in [6.45, 7) is 3.13. The van der Waals surface area contributed by atoms with Crippen LogP contribution in [0.2, 0.25) is 0 Å². The lowest BCUT2D eigenvalue weighted by Gasteiger charge is -2.23. The topological polar surface area (TPSA) is 117 Å². The van der Waals surface area contributed by atoms with Gasteiger partial charge in [-0.05, 0) is 42.8 Å². The van der Waals surface area contributed by atoms with Gasteiger partial charge in [0.2, 0.25) is 5.88 Å². The number of hydrogen-bond donors (Lipinski definition) is 2. The molecular formula is C27H24FN7O2. The van der Waals surface area contributed by atoms with E-state index in [1.807, 2.05) is 31.2 Å². The molecule has 5 aromatic rings. The molecule has 1 aliphatic heterocycles. The number of nitrogens with two attached hydrogens (primary N) is 2. The van der Waals surface area contributed by atoms with E-state index in [9.17, 15) is 0 Å². The number of hydrogen-bond acceptors (Lipinski definition) is 8. The average Bonchev–Trinajstić information content (AvgIpc) is 3.44. The van der Waals surface area contributed by atoms with Gasteiger partial charge in [0.1, 0.15) is 23.6 Å². The number of ether oxygens (including phenoxy) is 2. The second-order valence-electron chi connectivity index (χ2n) is 8.72. The molecule has 37 heavy (non-hydrogen) atoms. The lowest BCUT2D eigenvalue weighted by Crippen LogP contribution is -2.15.